The quantitative estimate of drug-likeness (QED) is 0.906. The molecule has 0 aromatic heterocycles. The van der Waals surface area contributed by atoms with Crippen LogP contribution in [0.5, 0.6) is 5.75 Å². The molecule has 1 amide bonds. The summed E-state index contributed by atoms with van der Waals surface area (Å²) >= 11 is 0. The van der Waals surface area contributed by atoms with Crippen molar-refractivity contribution < 1.29 is 22.7 Å². The molecule has 7 heteroatoms. The van der Waals surface area contributed by atoms with Crippen LogP contribution >= 0.6 is 0 Å². The first-order valence-electron chi connectivity index (χ1n) is 6.36. The van der Waals surface area contributed by atoms with Gasteiger partial charge in [0.2, 0.25) is 0 Å². The van der Waals surface area contributed by atoms with Crippen LogP contribution in [0, 0.1) is 6.92 Å². The van der Waals surface area contributed by atoms with Crippen molar-refractivity contribution in [3.05, 3.63) is 29.8 Å². The largest absolute Gasteiger partial charge is 0.492 e. The Morgan fingerprint density at radius 1 is 1.29 bits per heavy atom. The van der Waals surface area contributed by atoms with Gasteiger partial charge in [-0.25, -0.2) is 0 Å². The Kier molecular flexibility index (Phi) is 5.22. The molecular weight excluding hydrogens is 285 g/mol. The van der Waals surface area contributed by atoms with Gasteiger partial charge in [-0.1, -0.05) is 17.7 Å². The van der Waals surface area contributed by atoms with E-state index in [4.69, 9.17) is 10.5 Å². The van der Waals surface area contributed by atoms with Crippen LogP contribution in [0.15, 0.2) is 24.3 Å². The minimum absolute atomic E-state index is 0.00950. The molecule has 2 N–H and O–H groups in total. The molecule has 0 spiro atoms. The van der Waals surface area contributed by atoms with Gasteiger partial charge in [-0.2, -0.15) is 13.2 Å². The summed E-state index contributed by atoms with van der Waals surface area (Å²) in [5, 5.41) is 0. The molecule has 0 aliphatic carbocycles. The molecule has 1 unspecified atom stereocenters. The monoisotopic (exact) mass is 304 g/mol. The number of nitrogens with zero attached hydrogens (tertiary/aromatic N) is 1. The second-order valence-electron chi connectivity index (χ2n) is 5.09. The van der Waals surface area contributed by atoms with Crippen LogP contribution in [0.4, 0.5) is 13.2 Å². The fourth-order valence-electron chi connectivity index (χ4n) is 1.55. The number of alkyl halides is 3. The van der Waals surface area contributed by atoms with Crippen LogP contribution in [0.3, 0.4) is 0 Å². The van der Waals surface area contributed by atoms with Gasteiger partial charge in [-0.15, -0.1) is 0 Å². The third-order valence-electron chi connectivity index (χ3n) is 3.10. The summed E-state index contributed by atoms with van der Waals surface area (Å²) in [6.45, 7) is 2.68. The normalized spacial score (nSPS) is 14.4. The Balaban J connectivity index is 2.52. The van der Waals surface area contributed by atoms with Gasteiger partial charge in [0.25, 0.3) is 5.91 Å². The zero-order valence-electron chi connectivity index (χ0n) is 12.2. The third-order valence-corrected chi connectivity index (χ3v) is 3.10. The number of carbonyl (C=O) groups is 1. The van der Waals surface area contributed by atoms with Gasteiger partial charge in [0, 0.05) is 7.05 Å². The fraction of sp³-hybridized carbons (Fsp3) is 0.500. The molecule has 0 aliphatic rings. The third kappa shape index (κ3) is 4.35. The average molecular weight is 304 g/mol. The molecule has 0 radical (unpaired) electrons. The van der Waals surface area contributed by atoms with E-state index in [-0.39, 0.29) is 13.2 Å². The molecule has 0 aliphatic heterocycles. The summed E-state index contributed by atoms with van der Waals surface area (Å²) in [5.41, 5.74) is 3.25. The molecule has 0 bridgehead atoms. The van der Waals surface area contributed by atoms with E-state index >= 15 is 0 Å². The first kappa shape index (κ1) is 17.3. The number of halogens is 3. The maximum absolute atomic E-state index is 12.7. The summed E-state index contributed by atoms with van der Waals surface area (Å²) in [6.07, 6.45) is -4.80. The van der Waals surface area contributed by atoms with Crippen molar-refractivity contribution in [2.24, 2.45) is 5.73 Å². The highest BCUT2D eigenvalue weighted by Gasteiger charge is 2.54. The second kappa shape index (κ2) is 6.34. The van der Waals surface area contributed by atoms with Crippen molar-refractivity contribution in [2.45, 2.75) is 25.6 Å². The van der Waals surface area contributed by atoms with Gasteiger partial charge in [0.15, 0.2) is 5.54 Å². The average Bonchev–Trinajstić information content (AvgIpc) is 2.38. The van der Waals surface area contributed by atoms with E-state index in [2.05, 4.69) is 0 Å². The van der Waals surface area contributed by atoms with E-state index in [9.17, 15) is 18.0 Å². The van der Waals surface area contributed by atoms with Crippen LogP contribution in [-0.2, 0) is 4.79 Å². The van der Waals surface area contributed by atoms with E-state index in [0.717, 1.165) is 10.5 Å². The van der Waals surface area contributed by atoms with Crippen LogP contribution in [0.25, 0.3) is 0 Å². The number of benzene rings is 1. The van der Waals surface area contributed by atoms with Crippen molar-refractivity contribution in [3.63, 3.8) is 0 Å². The summed E-state index contributed by atoms with van der Waals surface area (Å²) in [4.78, 5) is 12.6. The van der Waals surface area contributed by atoms with Crippen molar-refractivity contribution >= 4 is 5.91 Å². The van der Waals surface area contributed by atoms with E-state index in [0.29, 0.717) is 12.7 Å². The zero-order chi connectivity index (χ0) is 16.3. The zero-order valence-corrected chi connectivity index (χ0v) is 12.2. The van der Waals surface area contributed by atoms with Crippen molar-refractivity contribution in [1.82, 2.24) is 4.90 Å². The van der Waals surface area contributed by atoms with Gasteiger partial charge in [-0.05, 0) is 26.0 Å². The lowest BCUT2D eigenvalue weighted by Crippen LogP contribution is -2.61. The smallest absolute Gasteiger partial charge is 0.415 e. The fourth-order valence-corrected chi connectivity index (χ4v) is 1.55. The lowest BCUT2D eigenvalue weighted by atomic mass is 10.0. The minimum atomic E-state index is -4.80. The molecule has 21 heavy (non-hydrogen) atoms. The Morgan fingerprint density at radius 2 is 1.81 bits per heavy atom. The van der Waals surface area contributed by atoms with E-state index in [1.54, 1.807) is 12.1 Å². The summed E-state index contributed by atoms with van der Waals surface area (Å²) in [5.74, 6) is -0.602. The topological polar surface area (TPSA) is 55.6 Å². The predicted octanol–water partition coefficient (Wildman–Crippen LogP) is 2.11. The molecular formula is C14H19F3N2O2. The van der Waals surface area contributed by atoms with Crippen molar-refractivity contribution in [1.29, 1.82) is 0 Å². The predicted molar refractivity (Wildman–Crippen MR) is 73.0 cm³/mol. The second-order valence-corrected chi connectivity index (χ2v) is 5.09. The van der Waals surface area contributed by atoms with E-state index in [1.807, 2.05) is 19.1 Å². The van der Waals surface area contributed by atoms with Gasteiger partial charge in [-0.3, -0.25) is 4.79 Å². The number of amides is 1. The number of aryl methyl sites for hydroxylation is 1. The van der Waals surface area contributed by atoms with Crippen LogP contribution < -0.4 is 10.5 Å². The van der Waals surface area contributed by atoms with Gasteiger partial charge >= 0.3 is 6.18 Å². The minimum Gasteiger partial charge on any atom is -0.492 e. The number of hydrogen-bond donors (Lipinski definition) is 1. The molecule has 1 aromatic carbocycles. The lowest BCUT2D eigenvalue weighted by molar-refractivity contribution is -0.193. The Labute approximate surface area is 121 Å². The molecule has 0 saturated heterocycles. The summed E-state index contributed by atoms with van der Waals surface area (Å²) in [7, 11) is 1.26. The number of carbonyl (C=O) groups excluding carboxylic acids is 1. The number of nitrogens with two attached hydrogens (primary N) is 1. The van der Waals surface area contributed by atoms with E-state index < -0.39 is 17.6 Å². The van der Waals surface area contributed by atoms with Gasteiger partial charge in [0.1, 0.15) is 12.4 Å². The van der Waals surface area contributed by atoms with Gasteiger partial charge in [0.05, 0.1) is 6.54 Å². The molecule has 1 aromatic rings. The lowest BCUT2D eigenvalue weighted by Gasteiger charge is -2.30. The van der Waals surface area contributed by atoms with Crippen LogP contribution in [-0.4, -0.2) is 42.7 Å². The molecule has 1 atom stereocenters. The molecule has 1 rings (SSSR count). The molecule has 4 nitrogen and oxygen atoms in total. The highest BCUT2D eigenvalue weighted by molar-refractivity contribution is 5.86. The van der Waals surface area contributed by atoms with Crippen molar-refractivity contribution in [2.75, 3.05) is 20.2 Å². The molecule has 0 fully saturated rings. The Hall–Kier alpha value is -1.76. The Morgan fingerprint density at radius 3 is 2.29 bits per heavy atom. The molecule has 0 saturated carbocycles. The standard InChI is InChI=1S/C14H19F3N2O2/c1-10-4-6-11(7-5-10)21-9-8-19(3)12(20)13(2,18)14(15,16)17/h4-7H,8-9,18H2,1-3H3. The summed E-state index contributed by atoms with van der Waals surface area (Å²) < 4.78 is 43.4. The van der Waals surface area contributed by atoms with Crippen LogP contribution in [0.2, 0.25) is 0 Å². The highest BCUT2D eigenvalue weighted by Crippen LogP contribution is 2.29. The van der Waals surface area contributed by atoms with E-state index in [1.165, 1.54) is 7.05 Å². The SMILES string of the molecule is Cc1ccc(OCCN(C)C(=O)C(C)(N)C(F)(F)F)cc1. The molecule has 0 heterocycles. The highest BCUT2D eigenvalue weighted by atomic mass is 19.4. The number of hydrogen-bond acceptors (Lipinski definition) is 3. The Bertz CT molecular complexity index is 484. The van der Waals surface area contributed by atoms with Gasteiger partial charge < -0.3 is 15.4 Å². The first-order valence-corrected chi connectivity index (χ1v) is 6.36. The summed E-state index contributed by atoms with van der Waals surface area (Å²) in [6, 6.07) is 7.20. The van der Waals surface area contributed by atoms with Crippen molar-refractivity contribution in [3.8, 4) is 5.75 Å². The maximum Gasteiger partial charge on any atom is 0.415 e. The van der Waals surface area contributed by atoms with Crippen LogP contribution in [0.1, 0.15) is 12.5 Å². The maximum atomic E-state index is 12.7. The number of likely N-dealkylation sites (N-methyl/N-ethyl adjacent to an activating group) is 1. The number of rotatable bonds is 5. The number of ether oxygens (including phenoxy) is 1. The molecule has 118 valence electrons. The first-order chi connectivity index (χ1) is 9.55.